The molecule has 23 heavy (non-hydrogen) atoms. The summed E-state index contributed by atoms with van der Waals surface area (Å²) in [5, 5.41) is 0. The van der Waals surface area contributed by atoms with Gasteiger partial charge in [0.2, 0.25) is 0 Å². The number of hydrogen-bond donors (Lipinski definition) is 0. The van der Waals surface area contributed by atoms with Crippen molar-refractivity contribution in [1.29, 1.82) is 0 Å². The second-order valence-electron chi connectivity index (χ2n) is 4.50. The molecular weight excluding hydrogens is 323 g/mol. The highest BCUT2D eigenvalue weighted by molar-refractivity contribution is 5.67. The lowest BCUT2D eigenvalue weighted by atomic mass is 10.2. The van der Waals surface area contributed by atoms with Crippen LogP contribution < -0.4 is 9.47 Å². The van der Waals surface area contributed by atoms with E-state index in [9.17, 15) is 26.7 Å². The van der Waals surface area contributed by atoms with E-state index in [4.69, 9.17) is 4.74 Å². The summed E-state index contributed by atoms with van der Waals surface area (Å²) >= 11 is 0. The average Bonchev–Trinajstić information content (AvgIpc) is 2.44. The van der Waals surface area contributed by atoms with Crippen molar-refractivity contribution in [3.05, 3.63) is 59.2 Å². The zero-order valence-electron chi connectivity index (χ0n) is 11.6. The minimum absolute atomic E-state index is 0.0490. The fraction of sp³-hybridized carbons (Fsp3) is 0.133. The van der Waals surface area contributed by atoms with Crippen molar-refractivity contribution in [2.24, 2.45) is 0 Å². The zero-order chi connectivity index (χ0) is 17.2. The Kier molecular flexibility index (Phi) is 4.53. The van der Waals surface area contributed by atoms with Crippen molar-refractivity contribution in [2.45, 2.75) is 13.1 Å². The Morgan fingerprint density at radius 2 is 1.43 bits per heavy atom. The summed E-state index contributed by atoms with van der Waals surface area (Å²) in [6.45, 7) is 1.43. The molecular formula is C15H9F5O3. The molecule has 8 heteroatoms. The lowest BCUT2D eigenvalue weighted by Crippen LogP contribution is -2.15. The third kappa shape index (κ3) is 4.18. The monoisotopic (exact) mass is 332 g/mol. The molecule has 0 aliphatic heterocycles. The molecule has 0 fully saturated rings. The van der Waals surface area contributed by atoms with Crippen LogP contribution in [0.5, 0.6) is 11.5 Å². The highest BCUT2D eigenvalue weighted by atomic mass is 19.4. The third-order valence-corrected chi connectivity index (χ3v) is 2.78. The molecule has 3 nitrogen and oxygen atoms in total. The van der Waals surface area contributed by atoms with Crippen LogP contribution >= 0.6 is 0 Å². The summed E-state index contributed by atoms with van der Waals surface area (Å²) in [6, 6.07) is 5.12. The molecule has 0 aliphatic rings. The van der Waals surface area contributed by atoms with Crippen LogP contribution in [0, 0.1) is 18.6 Å². The molecule has 2 aromatic carbocycles. The van der Waals surface area contributed by atoms with Crippen LogP contribution in [0.25, 0.3) is 0 Å². The second-order valence-corrected chi connectivity index (χ2v) is 4.50. The fourth-order valence-electron chi connectivity index (χ4n) is 1.68. The Hall–Kier alpha value is -2.64. The first-order valence-electron chi connectivity index (χ1n) is 6.19. The predicted molar refractivity (Wildman–Crippen MR) is 69.2 cm³/mol. The number of carbonyl (C=O) groups is 1. The Morgan fingerprint density at radius 1 is 0.913 bits per heavy atom. The minimum Gasteiger partial charge on any atom is -0.395 e. The molecule has 0 heterocycles. The topological polar surface area (TPSA) is 35.5 Å². The summed E-state index contributed by atoms with van der Waals surface area (Å²) in [6.07, 6.45) is -6.27. The molecule has 0 N–H and O–H groups in total. The smallest absolute Gasteiger partial charge is 0.395 e. The molecule has 0 amide bonds. The van der Waals surface area contributed by atoms with Gasteiger partial charge in [-0.15, -0.1) is 0 Å². The van der Waals surface area contributed by atoms with Gasteiger partial charge in [-0.25, -0.2) is 13.6 Å². The Balaban J connectivity index is 2.12. The lowest BCUT2D eigenvalue weighted by Gasteiger charge is -2.10. The molecule has 0 spiro atoms. The lowest BCUT2D eigenvalue weighted by molar-refractivity contribution is -0.140. The van der Waals surface area contributed by atoms with E-state index in [0.29, 0.717) is 12.1 Å². The van der Waals surface area contributed by atoms with Crippen LogP contribution in [0.3, 0.4) is 0 Å². The first-order chi connectivity index (χ1) is 10.7. The normalized spacial score (nSPS) is 11.2. The van der Waals surface area contributed by atoms with E-state index in [1.165, 1.54) is 13.0 Å². The van der Waals surface area contributed by atoms with E-state index < -0.39 is 35.3 Å². The van der Waals surface area contributed by atoms with Gasteiger partial charge < -0.3 is 9.47 Å². The number of aryl methyl sites for hydroxylation is 1. The molecule has 2 aromatic rings. The number of benzene rings is 2. The highest BCUT2D eigenvalue weighted by Gasteiger charge is 2.34. The number of alkyl halides is 3. The molecule has 0 aromatic heterocycles. The minimum atomic E-state index is -4.93. The largest absolute Gasteiger partial charge is 0.519 e. The standard InChI is InChI=1S/C15H9F5O3/c1-8-6-9(2-4-12(8)16)22-14(21)23-10-3-5-13(17)11(7-10)15(18,19)20/h2-7H,1H3. The maximum Gasteiger partial charge on any atom is 0.519 e. The molecule has 2 rings (SSSR count). The quantitative estimate of drug-likeness (QED) is 0.447. The third-order valence-electron chi connectivity index (χ3n) is 2.78. The van der Waals surface area contributed by atoms with Crippen LogP contribution in [0.15, 0.2) is 36.4 Å². The van der Waals surface area contributed by atoms with Gasteiger partial charge >= 0.3 is 12.3 Å². The van der Waals surface area contributed by atoms with Gasteiger partial charge in [0.15, 0.2) is 0 Å². The van der Waals surface area contributed by atoms with Crippen molar-refractivity contribution >= 4 is 6.16 Å². The predicted octanol–water partition coefficient (Wildman–Crippen LogP) is 4.87. The van der Waals surface area contributed by atoms with Crippen molar-refractivity contribution in [3.8, 4) is 11.5 Å². The van der Waals surface area contributed by atoms with Gasteiger partial charge in [-0.05, 0) is 48.9 Å². The molecule has 0 unspecified atom stereocenters. The van der Waals surface area contributed by atoms with Gasteiger partial charge in [-0.2, -0.15) is 13.2 Å². The molecule has 0 saturated heterocycles. The SMILES string of the molecule is Cc1cc(OC(=O)Oc2ccc(F)c(C(F)(F)F)c2)ccc1F. The van der Waals surface area contributed by atoms with Crippen molar-refractivity contribution < 1.29 is 36.2 Å². The van der Waals surface area contributed by atoms with E-state index >= 15 is 0 Å². The molecule has 0 bridgehead atoms. The van der Waals surface area contributed by atoms with E-state index in [-0.39, 0.29) is 11.3 Å². The van der Waals surface area contributed by atoms with Crippen LogP contribution in [-0.4, -0.2) is 6.16 Å². The summed E-state index contributed by atoms with van der Waals surface area (Å²) in [5.74, 6) is -2.60. The molecule has 0 radical (unpaired) electrons. The summed E-state index contributed by atoms with van der Waals surface area (Å²) in [7, 11) is 0. The van der Waals surface area contributed by atoms with E-state index in [0.717, 1.165) is 18.2 Å². The van der Waals surface area contributed by atoms with Gasteiger partial charge in [0.05, 0.1) is 5.56 Å². The summed E-state index contributed by atoms with van der Waals surface area (Å²) in [4.78, 5) is 11.5. The summed E-state index contributed by atoms with van der Waals surface area (Å²) < 4.78 is 73.1. The Bertz CT molecular complexity index is 740. The van der Waals surface area contributed by atoms with Crippen LogP contribution in [0.2, 0.25) is 0 Å². The van der Waals surface area contributed by atoms with E-state index in [1.54, 1.807) is 0 Å². The van der Waals surface area contributed by atoms with E-state index in [2.05, 4.69) is 4.74 Å². The van der Waals surface area contributed by atoms with Crippen molar-refractivity contribution in [2.75, 3.05) is 0 Å². The zero-order valence-corrected chi connectivity index (χ0v) is 11.6. The summed E-state index contributed by atoms with van der Waals surface area (Å²) in [5.41, 5.74) is -1.36. The number of carbonyl (C=O) groups excluding carboxylic acids is 1. The maximum atomic E-state index is 13.1. The van der Waals surface area contributed by atoms with Gasteiger partial charge in [-0.1, -0.05) is 0 Å². The van der Waals surface area contributed by atoms with Crippen LogP contribution in [0.1, 0.15) is 11.1 Å². The number of halogens is 5. The molecule has 122 valence electrons. The van der Waals surface area contributed by atoms with Gasteiger partial charge in [0.25, 0.3) is 0 Å². The van der Waals surface area contributed by atoms with Crippen LogP contribution in [0.4, 0.5) is 26.7 Å². The van der Waals surface area contributed by atoms with Crippen LogP contribution in [-0.2, 0) is 6.18 Å². The number of ether oxygens (including phenoxy) is 2. The fourth-order valence-corrected chi connectivity index (χ4v) is 1.68. The van der Waals surface area contributed by atoms with Crippen molar-refractivity contribution in [3.63, 3.8) is 0 Å². The molecule has 0 aliphatic carbocycles. The number of rotatable bonds is 2. The highest BCUT2D eigenvalue weighted by Crippen LogP contribution is 2.33. The van der Waals surface area contributed by atoms with Gasteiger partial charge in [0.1, 0.15) is 23.1 Å². The van der Waals surface area contributed by atoms with Gasteiger partial charge in [0, 0.05) is 0 Å². The first kappa shape index (κ1) is 16.7. The maximum absolute atomic E-state index is 13.1. The van der Waals surface area contributed by atoms with Crippen molar-refractivity contribution in [1.82, 2.24) is 0 Å². The first-order valence-corrected chi connectivity index (χ1v) is 6.19. The average molecular weight is 332 g/mol. The number of hydrogen-bond acceptors (Lipinski definition) is 3. The Morgan fingerprint density at radius 3 is 1.96 bits per heavy atom. The Labute approximate surface area is 127 Å². The van der Waals surface area contributed by atoms with E-state index in [1.807, 2.05) is 0 Å². The van der Waals surface area contributed by atoms with Gasteiger partial charge in [-0.3, -0.25) is 0 Å². The molecule has 0 atom stereocenters. The molecule has 0 saturated carbocycles. The second kappa shape index (κ2) is 6.23.